The predicted molar refractivity (Wildman–Crippen MR) is 231 cm³/mol. The van der Waals surface area contributed by atoms with E-state index in [1.807, 2.05) is 13.8 Å². The van der Waals surface area contributed by atoms with Crippen molar-refractivity contribution in [2.45, 2.75) is 169 Å². The molecule has 3 N–H and O–H groups in total. The summed E-state index contributed by atoms with van der Waals surface area (Å²) >= 11 is 6.12. The van der Waals surface area contributed by atoms with Crippen molar-refractivity contribution in [1.82, 2.24) is 10.6 Å². The number of benzene rings is 1. The second-order valence-corrected chi connectivity index (χ2v) is 23.2. The number of esters is 1. The summed E-state index contributed by atoms with van der Waals surface area (Å²) in [5.74, 6) is -1.37. The standard InChI is InChI=1S/C50H69ClN2O7/c1-28(2)38-34(54)27-50(53-43(59)49(20-10-11-21-49)52-40(55)29-12-14-30(51)15-13-29)25-24-47(8)31(39(38)50)16-17-36-46(7)22-19-37(45(5,6)35(46)18-23-48(36,47)9)60-42(58)33-26-32(41(56)57)44(33,3)4/h12-15,28,31-33,35-37H,10-11,16-27H2,1-9H3,(H,52,55)(H,53,59)(H,56,57)/t31-,32+,33?,35+,36-,37+,46+,47-,48-,50-/m1/s1. The Morgan fingerprint density at radius 2 is 1.43 bits per heavy atom. The second-order valence-electron chi connectivity index (χ2n) is 22.8. The fourth-order valence-electron chi connectivity index (χ4n) is 15.5. The molecular formula is C50H69ClN2O7. The minimum atomic E-state index is -1.05. The van der Waals surface area contributed by atoms with E-state index in [9.17, 15) is 29.1 Å². The number of fused-ring (bicyclic) bond motifs is 7. The normalized spacial score (nSPS) is 39.7. The summed E-state index contributed by atoms with van der Waals surface area (Å²) in [6, 6.07) is 6.75. The quantitative estimate of drug-likeness (QED) is 0.222. The highest BCUT2D eigenvalue weighted by molar-refractivity contribution is 6.30. The highest BCUT2D eigenvalue weighted by Gasteiger charge is 2.71. The Labute approximate surface area is 362 Å². The summed E-state index contributed by atoms with van der Waals surface area (Å²) in [5, 5.41) is 17.0. The number of ketones is 1. The minimum Gasteiger partial charge on any atom is -0.481 e. The van der Waals surface area contributed by atoms with Crippen molar-refractivity contribution in [2.24, 2.45) is 62.6 Å². The fraction of sp³-hybridized carbons (Fsp3) is 0.740. The minimum absolute atomic E-state index is 0.0152. The van der Waals surface area contributed by atoms with E-state index < -0.39 is 34.3 Å². The van der Waals surface area contributed by atoms with Crippen LogP contribution < -0.4 is 10.6 Å². The smallest absolute Gasteiger partial charge is 0.309 e. The van der Waals surface area contributed by atoms with Crippen LogP contribution in [0.2, 0.25) is 5.02 Å². The molecule has 0 spiro atoms. The molecule has 0 saturated heterocycles. The number of amides is 2. The number of nitrogens with one attached hydrogen (secondary N) is 2. The average molecular weight is 846 g/mol. The number of carboxylic acid groups (broad SMARTS) is 1. The Balaban J connectivity index is 1.05. The molecule has 10 heteroatoms. The van der Waals surface area contributed by atoms with Gasteiger partial charge in [0.25, 0.3) is 5.91 Å². The van der Waals surface area contributed by atoms with Gasteiger partial charge in [-0.15, -0.1) is 0 Å². The largest absolute Gasteiger partial charge is 0.481 e. The SMILES string of the molecule is CC(C)C1=C2[C@H]3CC[C@@H]4[C@@]5(C)CC[C@H](OC(=O)C6C[C@@H](C(=O)O)C6(C)C)C(C)(C)[C@@H]5CC[C@@]4(C)[C@]3(C)CC[C@@]2(NC(=O)C2(NC(=O)c3ccc(Cl)cc3)CCCC2)CC1=O. The zero-order valence-electron chi connectivity index (χ0n) is 37.5. The van der Waals surface area contributed by atoms with Gasteiger partial charge in [0.2, 0.25) is 5.91 Å². The topological polar surface area (TPSA) is 139 Å². The van der Waals surface area contributed by atoms with Crippen LogP contribution in [0.15, 0.2) is 35.4 Å². The lowest BCUT2D eigenvalue weighted by atomic mass is 9.33. The summed E-state index contributed by atoms with van der Waals surface area (Å²) in [5.41, 5.74) is -0.245. The average Bonchev–Trinajstić information content (AvgIpc) is 3.75. The highest BCUT2D eigenvalue weighted by Crippen LogP contribution is 2.76. The molecule has 7 aliphatic carbocycles. The van der Waals surface area contributed by atoms with Crippen LogP contribution in [0, 0.1) is 62.6 Å². The molecule has 0 radical (unpaired) electrons. The van der Waals surface area contributed by atoms with Crippen LogP contribution in [0.4, 0.5) is 0 Å². The summed E-state index contributed by atoms with van der Waals surface area (Å²) in [6.07, 6.45) is 10.6. The van der Waals surface area contributed by atoms with Crippen LogP contribution in [0.1, 0.15) is 163 Å². The molecule has 328 valence electrons. The molecule has 1 unspecified atom stereocenters. The van der Waals surface area contributed by atoms with Gasteiger partial charge >= 0.3 is 11.9 Å². The third-order valence-corrected chi connectivity index (χ3v) is 19.4. The van der Waals surface area contributed by atoms with Crippen LogP contribution in [-0.4, -0.2) is 51.8 Å². The molecule has 0 heterocycles. The molecule has 9 nitrogen and oxygen atoms in total. The van der Waals surface area contributed by atoms with Crippen molar-refractivity contribution >= 4 is 41.1 Å². The number of carbonyl (C=O) groups is 5. The molecule has 0 aromatic heterocycles. The molecule has 1 aromatic carbocycles. The summed E-state index contributed by atoms with van der Waals surface area (Å²) in [4.78, 5) is 68.3. The third kappa shape index (κ3) is 6.21. The Kier molecular flexibility index (Phi) is 10.4. The molecule has 6 fully saturated rings. The Morgan fingerprint density at radius 1 is 0.767 bits per heavy atom. The van der Waals surface area contributed by atoms with Crippen LogP contribution in [0.5, 0.6) is 0 Å². The van der Waals surface area contributed by atoms with Gasteiger partial charge in [-0.3, -0.25) is 24.0 Å². The van der Waals surface area contributed by atoms with Crippen molar-refractivity contribution in [3.8, 4) is 0 Å². The predicted octanol–water partition coefficient (Wildman–Crippen LogP) is 9.89. The first kappa shape index (κ1) is 43.4. The van der Waals surface area contributed by atoms with Gasteiger partial charge in [-0.2, -0.15) is 0 Å². The number of Topliss-reactive ketones (excluding diaryl/α,β-unsaturated/α-hetero) is 1. The van der Waals surface area contributed by atoms with Crippen LogP contribution >= 0.6 is 11.6 Å². The van der Waals surface area contributed by atoms with Crippen LogP contribution in [0.25, 0.3) is 0 Å². The number of carboxylic acids is 1. The maximum atomic E-state index is 14.9. The van der Waals surface area contributed by atoms with Gasteiger partial charge in [0.1, 0.15) is 11.6 Å². The number of ether oxygens (including phenoxy) is 1. The number of rotatable bonds is 8. The molecule has 6 saturated carbocycles. The van der Waals surface area contributed by atoms with Gasteiger partial charge in [0, 0.05) is 22.4 Å². The van der Waals surface area contributed by atoms with Gasteiger partial charge in [0.05, 0.1) is 17.4 Å². The van der Waals surface area contributed by atoms with E-state index in [0.717, 1.165) is 63.4 Å². The maximum absolute atomic E-state index is 14.9. The molecule has 10 atom stereocenters. The lowest BCUT2D eigenvalue weighted by molar-refractivity contribution is -0.235. The van der Waals surface area contributed by atoms with Crippen LogP contribution in [-0.2, 0) is 23.9 Å². The van der Waals surface area contributed by atoms with Crippen molar-refractivity contribution in [3.05, 3.63) is 46.0 Å². The molecule has 1 aromatic rings. The molecule has 0 bridgehead atoms. The van der Waals surface area contributed by atoms with Crippen molar-refractivity contribution in [1.29, 1.82) is 0 Å². The first-order valence-electron chi connectivity index (χ1n) is 23.1. The second kappa shape index (κ2) is 14.4. The van der Waals surface area contributed by atoms with E-state index in [1.54, 1.807) is 24.3 Å². The van der Waals surface area contributed by atoms with E-state index >= 15 is 0 Å². The van der Waals surface area contributed by atoms with E-state index in [-0.39, 0.29) is 69.6 Å². The molecule has 7 aliphatic rings. The Hall–Kier alpha value is -3.20. The summed E-state index contributed by atoms with van der Waals surface area (Å²) in [7, 11) is 0. The van der Waals surface area contributed by atoms with Gasteiger partial charge in [-0.25, -0.2) is 0 Å². The van der Waals surface area contributed by atoms with Gasteiger partial charge in [0.15, 0.2) is 5.78 Å². The van der Waals surface area contributed by atoms with Crippen molar-refractivity contribution < 1.29 is 33.8 Å². The summed E-state index contributed by atoms with van der Waals surface area (Å²) in [6.45, 7) is 20.2. The van der Waals surface area contributed by atoms with Gasteiger partial charge < -0.3 is 20.5 Å². The molecule has 8 rings (SSSR count). The van der Waals surface area contributed by atoms with Crippen LogP contribution in [0.3, 0.4) is 0 Å². The first-order valence-corrected chi connectivity index (χ1v) is 23.5. The van der Waals surface area contributed by atoms with Gasteiger partial charge in [-0.05, 0) is 151 Å². The maximum Gasteiger partial charge on any atom is 0.309 e. The molecular weight excluding hydrogens is 776 g/mol. The molecule has 2 amide bonds. The fourth-order valence-corrected chi connectivity index (χ4v) is 15.6. The number of hydrogen-bond acceptors (Lipinski definition) is 6. The zero-order valence-corrected chi connectivity index (χ0v) is 38.3. The number of hydrogen-bond donors (Lipinski definition) is 3. The monoisotopic (exact) mass is 844 g/mol. The Morgan fingerprint density at radius 3 is 2.05 bits per heavy atom. The van der Waals surface area contributed by atoms with E-state index in [1.165, 1.54) is 5.57 Å². The number of carbonyl (C=O) groups excluding carboxylic acids is 4. The number of allylic oxidation sites excluding steroid dienone is 1. The van der Waals surface area contributed by atoms with E-state index in [2.05, 4.69) is 59.1 Å². The lowest BCUT2D eigenvalue weighted by Gasteiger charge is -2.72. The third-order valence-electron chi connectivity index (χ3n) is 19.2. The molecule has 0 aliphatic heterocycles. The summed E-state index contributed by atoms with van der Waals surface area (Å²) < 4.78 is 6.43. The number of aliphatic carboxylic acids is 1. The first-order chi connectivity index (χ1) is 28.0. The van der Waals surface area contributed by atoms with E-state index in [4.69, 9.17) is 16.3 Å². The van der Waals surface area contributed by atoms with Crippen molar-refractivity contribution in [3.63, 3.8) is 0 Å². The lowest BCUT2D eigenvalue weighted by Crippen LogP contribution is -2.68. The van der Waals surface area contributed by atoms with E-state index in [0.29, 0.717) is 48.1 Å². The highest BCUT2D eigenvalue weighted by atomic mass is 35.5. The van der Waals surface area contributed by atoms with Gasteiger partial charge in [-0.1, -0.05) is 86.8 Å². The number of halogens is 1. The molecule has 60 heavy (non-hydrogen) atoms. The zero-order chi connectivity index (χ0) is 43.6. The van der Waals surface area contributed by atoms with Crippen molar-refractivity contribution in [2.75, 3.05) is 0 Å². The Bertz CT molecular complexity index is 2010.